The van der Waals surface area contributed by atoms with Crippen molar-refractivity contribution in [1.29, 1.82) is 0 Å². The topological polar surface area (TPSA) is 76.1 Å². The predicted molar refractivity (Wildman–Crippen MR) is 107 cm³/mol. The number of likely N-dealkylation sites (tertiary alicyclic amines) is 1. The maximum Gasteiger partial charge on any atom is 0.331 e. The van der Waals surface area contributed by atoms with Gasteiger partial charge in [-0.05, 0) is 37.0 Å². The maximum absolute atomic E-state index is 12.1. The summed E-state index contributed by atoms with van der Waals surface area (Å²) in [4.78, 5) is 24.9. The van der Waals surface area contributed by atoms with Crippen molar-refractivity contribution < 1.29 is 24.2 Å². The minimum absolute atomic E-state index is 0.0116. The molecular formula is C21H28ClNO5. The number of methoxy groups -OCH3 is 1. The number of unbranched alkanes of at least 4 members (excludes halogenated alkanes) is 1. The van der Waals surface area contributed by atoms with Gasteiger partial charge >= 0.3 is 5.97 Å². The number of carbonyl (C=O) groups is 2. The van der Waals surface area contributed by atoms with Crippen molar-refractivity contribution in [2.24, 2.45) is 0 Å². The van der Waals surface area contributed by atoms with Gasteiger partial charge in [0.15, 0.2) is 0 Å². The summed E-state index contributed by atoms with van der Waals surface area (Å²) in [7, 11) is 1.32. The Morgan fingerprint density at radius 2 is 2.25 bits per heavy atom. The van der Waals surface area contributed by atoms with Crippen LogP contribution in [-0.2, 0) is 25.5 Å². The number of benzene rings is 1. The zero-order valence-corrected chi connectivity index (χ0v) is 16.9. The number of halogens is 1. The van der Waals surface area contributed by atoms with E-state index in [9.17, 15) is 14.7 Å². The first-order valence-corrected chi connectivity index (χ1v) is 9.92. The molecule has 1 fully saturated rings. The molecule has 0 spiro atoms. The van der Waals surface area contributed by atoms with Crippen molar-refractivity contribution in [3.63, 3.8) is 0 Å². The fourth-order valence-electron chi connectivity index (χ4n) is 3.18. The van der Waals surface area contributed by atoms with Crippen molar-refractivity contribution in [3.05, 3.63) is 47.0 Å². The Bertz CT molecular complexity index is 679. The Morgan fingerprint density at radius 3 is 3.00 bits per heavy atom. The summed E-state index contributed by atoms with van der Waals surface area (Å²) in [6.45, 7) is 1.05. The molecule has 1 aliphatic heterocycles. The molecule has 6 nitrogen and oxygen atoms in total. The van der Waals surface area contributed by atoms with E-state index < -0.39 is 12.1 Å². The molecule has 0 aromatic heterocycles. The largest absolute Gasteiger partial charge is 0.467 e. The summed E-state index contributed by atoms with van der Waals surface area (Å²) in [5, 5.41) is 10.9. The summed E-state index contributed by atoms with van der Waals surface area (Å²) in [6, 6.07) is 7.44. The van der Waals surface area contributed by atoms with Gasteiger partial charge in [-0.1, -0.05) is 35.9 Å². The molecule has 1 heterocycles. The van der Waals surface area contributed by atoms with E-state index in [1.807, 2.05) is 29.2 Å². The van der Waals surface area contributed by atoms with Gasteiger partial charge in [0.25, 0.3) is 0 Å². The van der Waals surface area contributed by atoms with Gasteiger partial charge in [0, 0.05) is 31.0 Å². The van der Waals surface area contributed by atoms with Crippen molar-refractivity contribution in [1.82, 2.24) is 4.90 Å². The van der Waals surface area contributed by atoms with Gasteiger partial charge in [-0.15, -0.1) is 0 Å². The quantitative estimate of drug-likeness (QED) is 0.345. The first-order valence-electron chi connectivity index (χ1n) is 9.54. The van der Waals surface area contributed by atoms with Crippen LogP contribution in [0, 0.1) is 0 Å². The number of amides is 1. The molecule has 1 N–H and O–H groups in total. The number of aliphatic hydroxyl groups is 1. The van der Waals surface area contributed by atoms with Crippen LogP contribution in [0.4, 0.5) is 0 Å². The second kappa shape index (κ2) is 11.8. The smallest absolute Gasteiger partial charge is 0.331 e. The number of hydrogen-bond acceptors (Lipinski definition) is 5. The molecule has 0 aliphatic carbocycles. The summed E-state index contributed by atoms with van der Waals surface area (Å²) < 4.78 is 9.72. The van der Waals surface area contributed by atoms with Crippen molar-refractivity contribution in [2.75, 3.05) is 26.9 Å². The molecule has 1 aliphatic rings. The van der Waals surface area contributed by atoms with E-state index in [2.05, 4.69) is 4.74 Å². The highest BCUT2D eigenvalue weighted by Gasteiger charge is 2.28. The molecule has 1 aromatic rings. The maximum atomic E-state index is 12.1. The Hall–Kier alpha value is -1.89. The number of rotatable bonds is 11. The lowest BCUT2D eigenvalue weighted by atomic mass is 10.1. The first-order chi connectivity index (χ1) is 13.5. The zero-order valence-electron chi connectivity index (χ0n) is 16.2. The molecule has 0 unspecified atom stereocenters. The van der Waals surface area contributed by atoms with Gasteiger partial charge in [0.2, 0.25) is 5.91 Å². The van der Waals surface area contributed by atoms with Crippen LogP contribution in [0.15, 0.2) is 36.4 Å². The number of aliphatic hydroxyl groups excluding tert-OH is 1. The standard InChI is InChI=1S/C21H28ClNO5/c1-27-21(26)15-28-12-3-2-11-23-18(8-10-20(23)25)7-9-19(24)14-16-5-4-6-17(22)13-16/h4-7,9,13,18-19,24H,2-3,8,10-12,14-15H2,1H3/b9-7+/t18-,19-/m0/s1. The lowest BCUT2D eigenvalue weighted by Gasteiger charge is -2.22. The Kier molecular flexibility index (Phi) is 9.47. The third-order valence-electron chi connectivity index (χ3n) is 4.65. The molecule has 0 bridgehead atoms. The van der Waals surface area contributed by atoms with Gasteiger partial charge in [-0.3, -0.25) is 4.79 Å². The van der Waals surface area contributed by atoms with Crippen LogP contribution < -0.4 is 0 Å². The molecule has 1 saturated heterocycles. The molecule has 0 saturated carbocycles. The van der Waals surface area contributed by atoms with E-state index in [0.717, 1.165) is 24.8 Å². The Balaban J connectivity index is 1.74. The van der Waals surface area contributed by atoms with Crippen LogP contribution in [0.3, 0.4) is 0 Å². The molecule has 0 radical (unpaired) electrons. The van der Waals surface area contributed by atoms with Crippen molar-refractivity contribution in [2.45, 2.75) is 44.2 Å². The van der Waals surface area contributed by atoms with Gasteiger partial charge in [0.1, 0.15) is 6.61 Å². The van der Waals surface area contributed by atoms with Crippen LogP contribution >= 0.6 is 11.6 Å². The van der Waals surface area contributed by atoms with Crippen LogP contribution in [0.5, 0.6) is 0 Å². The normalized spacial score (nSPS) is 18.0. The number of carbonyl (C=O) groups excluding carboxylic acids is 2. The number of ether oxygens (including phenoxy) is 2. The first kappa shape index (κ1) is 22.4. The number of esters is 1. The Labute approximate surface area is 171 Å². The van der Waals surface area contributed by atoms with Crippen molar-refractivity contribution in [3.8, 4) is 0 Å². The second-order valence-corrected chi connectivity index (χ2v) is 7.25. The van der Waals surface area contributed by atoms with E-state index in [1.165, 1.54) is 7.11 Å². The van der Waals surface area contributed by atoms with E-state index in [4.69, 9.17) is 16.3 Å². The molecule has 2 atom stereocenters. The van der Waals surface area contributed by atoms with Gasteiger partial charge in [0.05, 0.1) is 19.3 Å². The van der Waals surface area contributed by atoms with E-state index in [-0.39, 0.29) is 18.6 Å². The lowest BCUT2D eigenvalue weighted by Crippen LogP contribution is -2.33. The number of nitrogens with zero attached hydrogens (tertiary/aromatic N) is 1. The Morgan fingerprint density at radius 1 is 1.43 bits per heavy atom. The molecule has 28 heavy (non-hydrogen) atoms. The number of hydrogen-bond donors (Lipinski definition) is 1. The highest BCUT2D eigenvalue weighted by molar-refractivity contribution is 6.30. The molecule has 1 amide bonds. The van der Waals surface area contributed by atoms with Crippen LogP contribution in [0.1, 0.15) is 31.2 Å². The molecule has 154 valence electrons. The average molecular weight is 410 g/mol. The summed E-state index contributed by atoms with van der Waals surface area (Å²) in [6.07, 6.45) is 6.38. The summed E-state index contributed by atoms with van der Waals surface area (Å²) in [5.41, 5.74) is 0.968. The molecule has 2 rings (SSSR count). The van der Waals surface area contributed by atoms with Gasteiger partial charge < -0.3 is 19.5 Å². The van der Waals surface area contributed by atoms with E-state index >= 15 is 0 Å². The monoisotopic (exact) mass is 409 g/mol. The summed E-state index contributed by atoms with van der Waals surface area (Å²) >= 11 is 5.97. The third-order valence-corrected chi connectivity index (χ3v) is 4.88. The highest BCUT2D eigenvalue weighted by Crippen LogP contribution is 2.21. The minimum Gasteiger partial charge on any atom is -0.467 e. The second-order valence-electron chi connectivity index (χ2n) is 6.82. The predicted octanol–water partition coefficient (Wildman–Crippen LogP) is 2.76. The van der Waals surface area contributed by atoms with Crippen LogP contribution in [-0.4, -0.2) is 60.9 Å². The minimum atomic E-state index is -0.622. The fraction of sp³-hybridized carbons (Fsp3) is 0.524. The molecule has 1 aromatic carbocycles. The van der Waals surface area contributed by atoms with E-state index in [1.54, 1.807) is 12.1 Å². The summed E-state index contributed by atoms with van der Waals surface area (Å²) in [5.74, 6) is -0.259. The fourth-order valence-corrected chi connectivity index (χ4v) is 3.39. The molecular weight excluding hydrogens is 382 g/mol. The SMILES string of the molecule is COC(=O)COCCCCN1C(=O)CC[C@@H]1/C=C/[C@H](O)Cc1cccc(Cl)c1. The zero-order chi connectivity index (χ0) is 20.4. The van der Waals surface area contributed by atoms with E-state index in [0.29, 0.717) is 31.0 Å². The molecule has 7 heteroatoms. The average Bonchev–Trinajstić information content (AvgIpc) is 3.02. The van der Waals surface area contributed by atoms with Gasteiger partial charge in [-0.2, -0.15) is 0 Å². The lowest BCUT2D eigenvalue weighted by molar-refractivity contribution is -0.145. The van der Waals surface area contributed by atoms with Gasteiger partial charge in [-0.25, -0.2) is 4.79 Å². The van der Waals surface area contributed by atoms with Crippen LogP contribution in [0.25, 0.3) is 0 Å². The van der Waals surface area contributed by atoms with Crippen molar-refractivity contribution >= 4 is 23.5 Å². The third kappa shape index (κ3) is 7.62. The van der Waals surface area contributed by atoms with Crippen LogP contribution in [0.2, 0.25) is 5.02 Å². The highest BCUT2D eigenvalue weighted by atomic mass is 35.5.